The van der Waals surface area contributed by atoms with Gasteiger partial charge in [-0.05, 0) is 24.6 Å². The van der Waals surface area contributed by atoms with E-state index in [2.05, 4.69) is 4.58 Å². The predicted octanol–water partition coefficient (Wildman–Crippen LogP) is 1.78. The maximum absolute atomic E-state index is 10.8. The maximum Gasteiger partial charge on any atom is 0.212 e. The van der Waals surface area contributed by atoms with Crippen molar-refractivity contribution < 1.29 is 4.21 Å². The van der Waals surface area contributed by atoms with Gasteiger partial charge in [0.1, 0.15) is 0 Å². The molecule has 0 amide bonds. The van der Waals surface area contributed by atoms with Crippen LogP contribution in [0.4, 0.5) is 0 Å². The first-order chi connectivity index (χ1) is 5.24. The molecule has 0 radical (unpaired) electrons. The van der Waals surface area contributed by atoms with Crippen LogP contribution in [0.25, 0.3) is 0 Å². The summed E-state index contributed by atoms with van der Waals surface area (Å²) in [5.74, 6) is 0. The van der Waals surface area contributed by atoms with Gasteiger partial charge in [0, 0.05) is 4.58 Å². The first kappa shape index (κ1) is 8.07. The van der Waals surface area contributed by atoms with Crippen LogP contribution in [0.5, 0.6) is 0 Å². The first-order valence-corrected chi connectivity index (χ1v) is 4.16. The number of nitroso groups, excluding NO2 is 1. The quantitative estimate of drug-likeness (QED) is 0.633. The van der Waals surface area contributed by atoms with Crippen molar-refractivity contribution in [2.45, 2.75) is 11.8 Å². The van der Waals surface area contributed by atoms with Gasteiger partial charge in [-0.3, -0.25) is 0 Å². The molecule has 0 saturated carbocycles. The molecule has 0 saturated heterocycles. The third kappa shape index (κ3) is 1.94. The Morgan fingerprint density at radius 1 is 1.45 bits per heavy atom. The van der Waals surface area contributed by atoms with Crippen molar-refractivity contribution in [1.29, 1.82) is 0 Å². The molecule has 3 nitrogen and oxygen atoms in total. The van der Waals surface area contributed by atoms with Crippen molar-refractivity contribution >= 4 is 11.0 Å². The lowest BCUT2D eigenvalue weighted by Gasteiger charge is -1.93. The Balaban J connectivity index is 3.05. The molecular weight excluding hydrogens is 162 g/mol. The third-order valence-corrected chi connectivity index (χ3v) is 2.05. The molecule has 4 heteroatoms. The zero-order valence-corrected chi connectivity index (χ0v) is 6.80. The molecule has 0 aliphatic carbocycles. The Morgan fingerprint density at radius 3 is 2.73 bits per heavy atom. The van der Waals surface area contributed by atoms with E-state index < -0.39 is 11.0 Å². The van der Waals surface area contributed by atoms with Crippen LogP contribution in [-0.2, 0) is 11.0 Å². The van der Waals surface area contributed by atoms with Crippen molar-refractivity contribution in [3.8, 4) is 0 Å². The van der Waals surface area contributed by atoms with Crippen molar-refractivity contribution in [1.82, 2.24) is 0 Å². The third-order valence-electron chi connectivity index (χ3n) is 1.26. The molecule has 0 aliphatic rings. The summed E-state index contributed by atoms with van der Waals surface area (Å²) < 4.78 is 13.2. The summed E-state index contributed by atoms with van der Waals surface area (Å²) in [5.41, 5.74) is 0.972. The Morgan fingerprint density at radius 2 is 2.18 bits per heavy atom. The molecule has 0 fully saturated rings. The van der Waals surface area contributed by atoms with Crippen LogP contribution in [0.1, 0.15) is 5.56 Å². The van der Waals surface area contributed by atoms with Crippen LogP contribution in [0.15, 0.2) is 33.7 Å². The highest BCUT2D eigenvalue weighted by atomic mass is 32.2. The number of nitrogens with zero attached hydrogens (tertiary/aromatic N) is 1. The average Bonchev–Trinajstić information content (AvgIpc) is 2.03. The Kier molecular flexibility index (Phi) is 2.48. The van der Waals surface area contributed by atoms with Crippen LogP contribution in [0, 0.1) is 11.8 Å². The van der Waals surface area contributed by atoms with E-state index in [4.69, 9.17) is 0 Å². The minimum absolute atomic E-state index is 0.458. The molecule has 0 heterocycles. The summed E-state index contributed by atoms with van der Waals surface area (Å²) in [6, 6.07) is 6.90. The summed E-state index contributed by atoms with van der Waals surface area (Å²) in [7, 11) is -1.73. The van der Waals surface area contributed by atoms with Crippen LogP contribution in [0.2, 0.25) is 0 Å². The van der Waals surface area contributed by atoms with Gasteiger partial charge in [0.2, 0.25) is 11.0 Å². The standard InChI is InChI=1S/C7H7NO2S/c1-6-3-2-4-7(5-6)11(10)8-9/h2-5H,1H3. The van der Waals surface area contributed by atoms with E-state index in [1.165, 1.54) is 0 Å². The van der Waals surface area contributed by atoms with Gasteiger partial charge in [-0.2, -0.15) is 0 Å². The lowest BCUT2D eigenvalue weighted by molar-refractivity contribution is 0.684. The van der Waals surface area contributed by atoms with Gasteiger partial charge in [0.05, 0.1) is 4.90 Å². The number of aryl methyl sites for hydroxylation is 1. The molecule has 1 atom stereocenters. The minimum Gasteiger partial charge on any atom is -0.226 e. The molecular formula is C7H7NO2S. The molecule has 0 aromatic heterocycles. The van der Waals surface area contributed by atoms with Gasteiger partial charge < -0.3 is 0 Å². The first-order valence-electron chi connectivity index (χ1n) is 3.06. The highest BCUT2D eigenvalue weighted by Gasteiger charge is 2.01. The van der Waals surface area contributed by atoms with Gasteiger partial charge >= 0.3 is 0 Å². The Labute approximate surface area is 67.0 Å². The highest BCUT2D eigenvalue weighted by molar-refractivity contribution is 7.83. The molecule has 1 aromatic carbocycles. The van der Waals surface area contributed by atoms with Gasteiger partial charge in [0.15, 0.2) is 0 Å². The number of rotatable bonds is 2. The second kappa shape index (κ2) is 3.39. The second-order valence-corrected chi connectivity index (χ2v) is 3.26. The molecule has 0 N–H and O–H groups in total. The van der Waals surface area contributed by atoms with E-state index >= 15 is 0 Å². The largest absolute Gasteiger partial charge is 0.226 e. The van der Waals surface area contributed by atoms with Gasteiger partial charge in [0.25, 0.3) is 0 Å². The summed E-state index contributed by atoms with van der Waals surface area (Å²) >= 11 is 0. The fourth-order valence-electron chi connectivity index (χ4n) is 0.767. The van der Waals surface area contributed by atoms with E-state index in [1.54, 1.807) is 18.2 Å². The topological polar surface area (TPSA) is 46.5 Å². The van der Waals surface area contributed by atoms with Gasteiger partial charge in [-0.1, -0.05) is 12.1 Å². The summed E-state index contributed by atoms with van der Waals surface area (Å²) in [6.07, 6.45) is 0. The molecule has 1 unspecified atom stereocenters. The van der Waals surface area contributed by atoms with E-state index in [0.29, 0.717) is 4.90 Å². The lowest BCUT2D eigenvalue weighted by atomic mass is 10.2. The minimum atomic E-state index is -1.73. The summed E-state index contributed by atoms with van der Waals surface area (Å²) in [4.78, 5) is 10.3. The SMILES string of the molecule is Cc1cccc(S(=O)N=O)c1. The fraction of sp³-hybridized carbons (Fsp3) is 0.143. The fourth-order valence-corrected chi connectivity index (χ4v) is 1.33. The molecule has 0 bridgehead atoms. The summed E-state index contributed by atoms with van der Waals surface area (Å²) in [5, 5.41) is 0. The van der Waals surface area contributed by atoms with E-state index in [0.717, 1.165) is 5.56 Å². The normalized spacial score (nSPS) is 12.5. The van der Waals surface area contributed by atoms with Crippen LogP contribution >= 0.6 is 0 Å². The summed E-state index contributed by atoms with van der Waals surface area (Å²) in [6.45, 7) is 1.87. The monoisotopic (exact) mass is 169 g/mol. The second-order valence-electron chi connectivity index (χ2n) is 2.14. The Hall–Kier alpha value is -1.03. The zero-order chi connectivity index (χ0) is 8.27. The van der Waals surface area contributed by atoms with Crippen LogP contribution in [-0.4, -0.2) is 4.21 Å². The number of benzene rings is 1. The van der Waals surface area contributed by atoms with E-state index in [-0.39, 0.29) is 0 Å². The zero-order valence-electron chi connectivity index (χ0n) is 5.98. The van der Waals surface area contributed by atoms with Crippen LogP contribution in [0.3, 0.4) is 0 Å². The van der Waals surface area contributed by atoms with E-state index in [1.807, 2.05) is 13.0 Å². The van der Waals surface area contributed by atoms with Crippen molar-refractivity contribution in [2.75, 3.05) is 0 Å². The predicted molar refractivity (Wildman–Crippen MR) is 43.4 cm³/mol. The molecule has 1 rings (SSSR count). The highest BCUT2D eigenvalue weighted by Crippen LogP contribution is 2.08. The maximum atomic E-state index is 10.8. The van der Waals surface area contributed by atoms with Gasteiger partial charge in [-0.25, -0.2) is 4.21 Å². The molecule has 0 aliphatic heterocycles. The van der Waals surface area contributed by atoms with Crippen molar-refractivity contribution in [3.63, 3.8) is 0 Å². The smallest absolute Gasteiger partial charge is 0.212 e. The van der Waals surface area contributed by atoms with Crippen LogP contribution < -0.4 is 0 Å². The Bertz CT molecular complexity index is 298. The molecule has 11 heavy (non-hydrogen) atoms. The number of hydrogen-bond acceptors (Lipinski definition) is 2. The van der Waals surface area contributed by atoms with Gasteiger partial charge in [-0.15, -0.1) is 4.91 Å². The van der Waals surface area contributed by atoms with Crippen molar-refractivity contribution in [2.24, 2.45) is 4.58 Å². The molecule has 58 valence electrons. The number of hydrogen-bond donors (Lipinski definition) is 0. The average molecular weight is 169 g/mol. The van der Waals surface area contributed by atoms with E-state index in [9.17, 15) is 9.12 Å². The molecule has 1 aromatic rings. The molecule has 0 spiro atoms. The lowest BCUT2D eigenvalue weighted by Crippen LogP contribution is -1.85. The van der Waals surface area contributed by atoms with Crippen molar-refractivity contribution in [3.05, 3.63) is 34.7 Å².